The number of carbonyl (C=O) groups excluding carboxylic acids is 1. The maximum atomic E-state index is 12.2. The van der Waals surface area contributed by atoms with Gasteiger partial charge in [0, 0.05) is 25.6 Å². The van der Waals surface area contributed by atoms with Crippen LogP contribution < -0.4 is 5.32 Å². The molecule has 2 saturated heterocycles. The minimum absolute atomic E-state index is 0.239. The SMILES string of the molecule is CN(Cc1ccco1)C(=O)CC1CC2CCC(C1)N2. The molecule has 0 aromatic carbocycles. The normalized spacial score (nSPS) is 29.4. The third-order valence-corrected chi connectivity index (χ3v) is 4.43. The molecule has 1 aromatic heterocycles. The number of piperidine rings is 1. The van der Waals surface area contributed by atoms with Crippen LogP contribution in [-0.4, -0.2) is 29.9 Å². The molecule has 0 spiro atoms. The second-order valence-corrected chi connectivity index (χ2v) is 6.01. The van der Waals surface area contributed by atoms with Crippen molar-refractivity contribution in [2.75, 3.05) is 7.05 Å². The Kier molecular flexibility index (Phi) is 3.60. The zero-order chi connectivity index (χ0) is 13.2. The van der Waals surface area contributed by atoms with Crippen molar-refractivity contribution in [2.45, 2.75) is 50.7 Å². The van der Waals surface area contributed by atoms with Gasteiger partial charge in [0.1, 0.15) is 5.76 Å². The van der Waals surface area contributed by atoms with Crippen molar-refractivity contribution >= 4 is 5.91 Å². The summed E-state index contributed by atoms with van der Waals surface area (Å²) in [5.41, 5.74) is 0. The first kappa shape index (κ1) is 12.7. The molecule has 2 aliphatic rings. The van der Waals surface area contributed by atoms with Crippen LogP contribution in [0.25, 0.3) is 0 Å². The van der Waals surface area contributed by atoms with E-state index < -0.39 is 0 Å². The lowest BCUT2D eigenvalue weighted by molar-refractivity contribution is -0.131. The van der Waals surface area contributed by atoms with Crippen LogP contribution in [0.15, 0.2) is 22.8 Å². The van der Waals surface area contributed by atoms with Crippen molar-refractivity contribution in [2.24, 2.45) is 5.92 Å². The quantitative estimate of drug-likeness (QED) is 0.904. The highest BCUT2D eigenvalue weighted by Crippen LogP contribution is 2.32. The monoisotopic (exact) mass is 262 g/mol. The highest BCUT2D eigenvalue weighted by Gasteiger charge is 2.34. The Morgan fingerprint density at radius 1 is 1.42 bits per heavy atom. The molecular weight excluding hydrogens is 240 g/mol. The molecule has 2 atom stereocenters. The Balaban J connectivity index is 1.50. The summed E-state index contributed by atoms with van der Waals surface area (Å²) in [4.78, 5) is 14.0. The number of fused-ring (bicyclic) bond motifs is 2. The molecule has 3 rings (SSSR count). The fourth-order valence-electron chi connectivity index (χ4n) is 3.47. The van der Waals surface area contributed by atoms with Crippen LogP contribution in [0.3, 0.4) is 0 Å². The van der Waals surface area contributed by atoms with Crippen molar-refractivity contribution in [3.63, 3.8) is 0 Å². The van der Waals surface area contributed by atoms with Crippen LogP contribution >= 0.6 is 0 Å². The minimum atomic E-state index is 0.239. The van der Waals surface area contributed by atoms with Crippen LogP contribution in [0.4, 0.5) is 0 Å². The minimum Gasteiger partial charge on any atom is -0.467 e. The summed E-state index contributed by atoms with van der Waals surface area (Å²) < 4.78 is 5.28. The van der Waals surface area contributed by atoms with Gasteiger partial charge in [-0.25, -0.2) is 0 Å². The number of furan rings is 1. The van der Waals surface area contributed by atoms with E-state index in [1.54, 1.807) is 11.2 Å². The molecule has 1 aromatic rings. The number of nitrogens with one attached hydrogen (secondary N) is 1. The van der Waals surface area contributed by atoms with Crippen molar-refractivity contribution in [3.8, 4) is 0 Å². The topological polar surface area (TPSA) is 45.5 Å². The summed E-state index contributed by atoms with van der Waals surface area (Å²) >= 11 is 0. The zero-order valence-electron chi connectivity index (χ0n) is 11.5. The van der Waals surface area contributed by atoms with E-state index in [2.05, 4.69) is 5.32 Å². The number of hydrogen-bond donors (Lipinski definition) is 1. The summed E-state index contributed by atoms with van der Waals surface area (Å²) in [6, 6.07) is 5.09. The Morgan fingerprint density at radius 3 is 2.79 bits per heavy atom. The van der Waals surface area contributed by atoms with E-state index in [1.807, 2.05) is 19.2 Å². The lowest BCUT2D eigenvalue weighted by Gasteiger charge is -2.29. The summed E-state index contributed by atoms with van der Waals surface area (Å²) in [5, 5.41) is 3.62. The molecule has 2 aliphatic heterocycles. The van der Waals surface area contributed by atoms with Crippen LogP contribution in [0, 0.1) is 5.92 Å². The van der Waals surface area contributed by atoms with Crippen molar-refractivity contribution in [1.29, 1.82) is 0 Å². The maximum Gasteiger partial charge on any atom is 0.222 e. The van der Waals surface area contributed by atoms with Crippen LogP contribution in [-0.2, 0) is 11.3 Å². The molecule has 1 N–H and O–H groups in total. The summed E-state index contributed by atoms with van der Waals surface area (Å²) in [6.07, 6.45) is 7.24. The number of hydrogen-bond acceptors (Lipinski definition) is 3. The van der Waals surface area contributed by atoms with E-state index in [0.717, 1.165) is 18.6 Å². The number of amides is 1. The maximum absolute atomic E-state index is 12.2. The van der Waals surface area contributed by atoms with Gasteiger partial charge in [-0.15, -0.1) is 0 Å². The second kappa shape index (κ2) is 5.37. The van der Waals surface area contributed by atoms with Crippen LogP contribution in [0.2, 0.25) is 0 Å². The van der Waals surface area contributed by atoms with Crippen molar-refractivity contribution < 1.29 is 9.21 Å². The van der Waals surface area contributed by atoms with Gasteiger partial charge in [-0.1, -0.05) is 0 Å². The molecule has 4 nitrogen and oxygen atoms in total. The predicted molar refractivity (Wildman–Crippen MR) is 72.5 cm³/mol. The Hall–Kier alpha value is -1.29. The van der Waals surface area contributed by atoms with E-state index in [-0.39, 0.29) is 5.91 Å². The first-order valence-corrected chi connectivity index (χ1v) is 7.23. The lowest BCUT2D eigenvalue weighted by Crippen LogP contribution is -2.39. The average molecular weight is 262 g/mol. The van der Waals surface area contributed by atoms with Gasteiger partial charge in [0.05, 0.1) is 12.8 Å². The molecule has 3 heterocycles. The molecule has 2 fully saturated rings. The Bertz CT molecular complexity index is 417. The van der Waals surface area contributed by atoms with Gasteiger partial charge in [0.25, 0.3) is 0 Å². The highest BCUT2D eigenvalue weighted by atomic mass is 16.3. The highest BCUT2D eigenvalue weighted by molar-refractivity contribution is 5.76. The van der Waals surface area contributed by atoms with Crippen molar-refractivity contribution in [3.05, 3.63) is 24.2 Å². The fraction of sp³-hybridized carbons (Fsp3) is 0.667. The standard InChI is InChI=1S/C15H22N2O2/c1-17(10-14-3-2-6-19-14)15(18)9-11-7-12-4-5-13(8-11)16-12/h2-3,6,11-13,16H,4-5,7-10H2,1H3. The van der Waals surface area contributed by atoms with Gasteiger partial charge >= 0.3 is 0 Å². The summed E-state index contributed by atoms with van der Waals surface area (Å²) in [6.45, 7) is 0.573. The van der Waals surface area contributed by atoms with Gasteiger partial charge in [-0.05, 0) is 43.7 Å². The smallest absolute Gasteiger partial charge is 0.222 e. The Morgan fingerprint density at radius 2 is 2.16 bits per heavy atom. The lowest BCUT2D eigenvalue weighted by atomic mass is 9.89. The van der Waals surface area contributed by atoms with Crippen LogP contribution in [0.1, 0.15) is 37.9 Å². The zero-order valence-corrected chi connectivity index (χ0v) is 11.5. The fourth-order valence-corrected chi connectivity index (χ4v) is 3.47. The Labute approximate surface area is 114 Å². The van der Waals surface area contributed by atoms with Crippen molar-refractivity contribution in [1.82, 2.24) is 10.2 Å². The molecule has 2 unspecified atom stereocenters. The molecule has 1 amide bonds. The van der Waals surface area contributed by atoms with Crippen LogP contribution in [0.5, 0.6) is 0 Å². The first-order valence-electron chi connectivity index (χ1n) is 7.23. The third-order valence-electron chi connectivity index (χ3n) is 4.43. The van der Waals surface area contributed by atoms with E-state index in [0.29, 0.717) is 31.0 Å². The van der Waals surface area contributed by atoms with E-state index >= 15 is 0 Å². The van der Waals surface area contributed by atoms with Gasteiger partial charge < -0.3 is 14.6 Å². The van der Waals surface area contributed by atoms with Gasteiger partial charge in [0.2, 0.25) is 5.91 Å². The second-order valence-electron chi connectivity index (χ2n) is 6.01. The molecule has 0 saturated carbocycles. The number of carbonyl (C=O) groups is 1. The van der Waals surface area contributed by atoms with Gasteiger partial charge in [-0.2, -0.15) is 0 Å². The molecule has 19 heavy (non-hydrogen) atoms. The van der Waals surface area contributed by atoms with Gasteiger partial charge in [0.15, 0.2) is 0 Å². The average Bonchev–Trinajstić information content (AvgIpc) is 2.99. The third kappa shape index (κ3) is 3.00. The molecule has 4 heteroatoms. The van der Waals surface area contributed by atoms with E-state index in [1.165, 1.54) is 12.8 Å². The first-order chi connectivity index (χ1) is 9.20. The summed E-state index contributed by atoms with van der Waals surface area (Å²) in [7, 11) is 1.86. The molecule has 0 aliphatic carbocycles. The van der Waals surface area contributed by atoms with E-state index in [9.17, 15) is 4.79 Å². The molecular formula is C15H22N2O2. The van der Waals surface area contributed by atoms with Gasteiger partial charge in [-0.3, -0.25) is 4.79 Å². The largest absolute Gasteiger partial charge is 0.467 e. The predicted octanol–water partition coefficient (Wildman–Crippen LogP) is 2.16. The number of rotatable bonds is 4. The number of nitrogens with zero attached hydrogens (tertiary/aromatic N) is 1. The molecule has 2 bridgehead atoms. The molecule has 104 valence electrons. The van der Waals surface area contributed by atoms with E-state index in [4.69, 9.17) is 4.42 Å². The molecule has 0 radical (unpaired) electrons. The summed E-state index contributed by atoms with van der Waals surface area (Å²) in [5.74, 6) is 1.65.